The summed E-state index contributed by atoms with van der Waals surface area (Å²) in [6.07, 6.45) is 4.23. The van der Waals surface area contributed by atoms with Gasteiger partial charge in [0.05, 0.1) is 6.20 Å². The number of hydrogen-bond donors (Lipinski definition) is 3. The highest BCUT2D eigenvalue weighted by atomic mass is 79.9. The number of alkyl carbamates (subject to hydrolysis) is 1. The first-order valence-corrected chi connectivity index (χ1v) is 7.60. The Hall–Kier alpha value is -2.16. The van der Waals surface area contributed by atoms with Crippen molar-refractivity contribution in [3.8, 4) is 0 Å². The number of hydrogen-bond acceptors (Lipinski definition) is 6. The molecule has 0 aliphatic carbocycles. The van der Waals surface area contributed by atoms with E-state index in [1.807, 2.05) is 0 Å². The van der Waals surface area contributed by atoms with Crippen LogP contribution in [0.3, 0.4) is 0 Å². The first-order chi connectivity index (χ1) is 10.7. The Balaban J connectivity index is 2.34. The summed E-state index contributed by atoms with van der Waals surface area (Å²) in [7, 11) is 0. The molecule has 3 N–H and O–H groups in total. The van der Waals surface area contributed by atoms with Crippen LogP contribution in [-0.4, -0.2) is 45.8 Å². The lowest BCUT2D eigenvalue weighted by Crippen LogP contribution is -2.32. The number of carbonyl (C=O) groups excluding carboxylic acids is 1. The molecule has 9 heteroatoms. The normalized spacial score (nSPS) is 11.3. The first kappa shape index (κ1) is 18.9. The second-order valence-electron chi connectivity index (χ2n) is 5.43. The topological polar surface area (TPSA) is 113 Å². The van der Waals surface area contributed by atoms with Crippen LogP contribution in [0.5, 0.6) is 0 Å². The van der Waals surface area contributed by atoms with Crippen LogP contribution >= 0.6 is 15.9 Å². The van der Waals surface area contributed by atoms with Crippen LogP contribution in [0.15, 0.2) is 23.0 Å². The van der Waals surface area contributed by atoms with E-state index in [4.69, 9.17) is 9.84 Å². The summed E-state index contributed by atoms with van der Waals surface area (Å²) in [5.74, 6) is -0.711. The Kier molecular flexibility index (Phi) is 6.95. The Morgan fingerprint density at radius 2 is 2.00 bits per heavy atom. The van der Waals surface area contributed by atoms with Crippen molar-refractivity contribution >= 4 is 33.8 Å². The second-order valence-corrected chi connectivity index (χ2v) is 6.19. The summed E-state index contributed by atoms with van der Waals surface area (Å²) >= 11 is 3.15. The third kappa shape index (κ3) is 7.59. The number of aromatic nitrogens is 2. The van der Waals surface area contributed by atoms with E-state index in [-0.39, 0.29) is 5.69 Å². The van der Waals surface area contributed by atoms with Crippen molar-refractivity contribution in [2.75, 3.05) is 18.4 Å². The molecule has 126 valence electrons. The molecule has 1 aromatic heterocycles. The van der Waals surface area contributed by atoms with Gasteiger partial charge >= 0.3 is 12.1 Å². The zero-order valence-electron chi connectivity index (χ0n) is 13.1. The monoisotopic (exact) mass is 386 g/mol. The minimum atomic E-state index is -1.14. The predicted octanol–water partition coefficient (Wildman–Crippen LogP) is 2.43. The summed E-state index contributed by atoms with van der Waals surface area (Å²) in [6, 6.07) is 0. The van der Waals surface area contributed by atoms with E-state index in [1.165, 1.54) is 6.20 Å². The lowest BCUT2D eigenvalue weighted by atomic mass is 10.2. The van der Waals surface area contributed by atoms with Gasteiger partial charge in [-0.25, -0.2) is 19.6 Å². The number of nitrogens with one attached hydrogen (secondary N) is 2. The molecule has 1 heterocycles. The van der Waals surface area contributed by atoms with Gasteiger partial charge in [0, 0.05) is 13.1 Å². The molecule has 0 bridgehead atoms. The number of aromatic carboxylic acids is 1. The maximum atomic E-state index is 11.4. The Labute approximate surface area is 142 Å². The highest BCUT2D eigenvalue weighted by molar-refractivity contribution is 9.10. The quantitative estimate of drug-likeness (QED) is 0.643. The maximum Gasteiger partial charge on any atom is 0.407 e. The van der Waals surface area contributed by atoms with Gasteiger partial charge in [0.2, 0.25) is 0 Å². The average molecular weight is 387 g/mol. The second kappa shape index (κ2) is 8.47. The van der Waals surface area contributed by atoms with Gasteiger partial charge in [-0.15, -0.1) is 0 Å². The zero-order valence-corrected chi connectivity index (χ0v) is 14.7. The Morgan fingerprint density at radius 3 is 2.57 bits per heavy atom. The molecule has 0 aliphatic rings. The number of carboxylic acids is 1. The molecule has 1 amide bonds. The van der Waals surface area contributed by atoms with Crippen molar-refractivity contribution in [3.05, 3.63) is 28.6 Å². The van der Waals surface area contributed by atoms with Gasteiger partial charge in [0.15, 0.2) is 11.5 Å². The molecule has 1 aromatic rings. The molecule has 8 nitrogen and oxygen atoms in total. The summed E-state index contributed by atoms with van der Waals surface area (Å²) in [6.45, 7) is 6.15. The lowest BCUT2D eigenvalue weighted by Gasteiger charge is -2.19. The number of nitrogens with zero attached hydrogens (tertiary/aromatic N) is 2. The van der Waals surface area contributed by atoms with E-state index >= 15 is 0 Å². The summed E-state index contributed by atoms with van der Waals surface area (Å²) in [4.78, 5) is 29.9. The summed E-state index contributed by atoms with van der Waals surface area (Å²) in [5.41, 5.74) is -0.665. The van der Waals surface area contributed by atoms with Gasteiger partial charge in [0.25, 0.3) is 0 Å². The molecular formula is C14H19BrN4O4. The molecule has 0 fully saturated rings. The largest absolute Gasteiger partial charge is 0.476 e. The van der Waals surface area contributed by atoms with Gasteiger partial charge < -0.3 is 20.5 Å². The summed E-state index contributed by atoms with van der Waals surface area (Å²) in [5, 5.41) is 14.3. The fraction of sp³-hybridized carbons (Fsp3) is 0.429. The molecule has 0 aliphatic heterocycles. The third-order valence-electron chi connectivity index (χ3n) is 2.27. The highest BCUT2D eigenvalue weighted by Crippen LogP contribution is 2.16. The van der Waals surface area contributed by atoms with Crippen LogP contribution in [0.25, 0.3) is 0 Å². The number of carboxylic acid groups (broad SMARTS) is 1. The summed E-state index contributed by atoms with van der Waals surface area (Å²) < 4.78 is 5.41. The minimum absolute atomic E-state index is 0.139. The van der Waals surface area contributed by atoms with Crippen LogP contribution in [0.2, 0.25) is 0 Å². The fourth-order valence-corrected chi connectivity index (χ4v) is 1.80. The van der Waals surface area contributed by atoms with E-state index in [1.54, 1.807) is 32.9 Å². The van der Waals surface area contributed by atoms with E-state index < -0.39 is 17.7 Å². The van der Waals surface area contributed by atoms with Crippen molar-refractivity contribution in [2.24, 2.45) is 0 Å². The third-order valence-corrected chi connectivity index (χ3v) is 2.82. The SMILES string of the molecule is CC(C)(C)OC(=O)NC/C=C/CNc1ncc(C(=O)O)nc1Br. The molecule has 0 spiro atoms. The van der Waals surface area contributed by atoms with E-state index in [0.29, 0.717) is 23.5 Å². The number of anilines is 1. The van der Waals surface area contributed by atoms with Crippen molar-refractivity contribution in [3.63, 3.8) is 0 Å². The molecule has 0 atom stereocenters. The molecule has 0 radical (unpaired) electrons. The van der Waals surface area contributed by atoms with Crippen LogP contribution in [0, 0.1) is 0 Å². The zero-order chi connectivity index (χ0) is 17.5. The molecular weight excluding hydrogens is 368 g/mol. The van der Waals surface area contributed by atoms with Gasteiger partial charge in [-0.05, 0) is 36.7 Å². The van der Waals surface area contributed by atoms with Crippen molar-refractivity contribution in [1.29, 1.82) is 0 Å². The molecule has 0 saturated heterocycles. The smallest absolute Gasteiger partial charge is 0.407 e. The number of amides is 1. The number of carbonyl (C=O) groups is 2. The van der Waals surface area contributed by atoms with E-state index in [2.05, 4.69) is 36.5 Å². The van der Waals surface area contributed by atoms with Gasteiger partial charge in [-0.3, -0.25) is 0 Å². The van der Waals surface area contributed by atoms with Crippen molar-refractivity contribution in [1.82, 2.24) is 15.3 Å². The van der Waals surface area contributed by atoms with Gasteiger partial charge in [0.1, 0.15) is 10.2 Å². The maximum absolute atomic E-state index is 11.4. The molecule has 1 rings (SSSR count). The van der Waals surface area contributed by atoms with Crippen molar-refractivity contribution in [2.45, 2.75) is 26.4 Å². The average Bonchev–Trinajstić information content (AvgIpc) is 2.41. The molecule has 23 heavy (non-hydrogen) atoms. The highest BCUT2D eigenvalue weighted by Gasteiger charge is 2.15. The van der Waals surface area contributed by atoms with Crippen LogP contribution in [0.4, 0.5) is 10.6 Å². The number of rotatable bonds is 6. The first-order valence-electron chi connectivity index (χ1n) is 6.80. The molecule has 0 unspecified atom stereocenters. The molecule has 0 saturated carbocycles. The number of ether oxygens (including phenoxy) is 1. The van der Waals surface area contributed by atoms with Crippen molar-refractivity contribution < 1.29 is 19.4 Å². The van der Waals surface area contributed by atoms with Crippen LogP contribution in [0.1, 0.15) is 31.3 Å². The van der Waals surface area contributed by atoms with E-state index in [9.17, 15) is 9.59 Å². The minimum Gasteiger partial charge on any atom is -0.476 e. The van der Waals surface area contributed by atoms with Gasteiger partial charge in [-0.1, -0.05) is 12.2 Å². The fourth-order valence-electron chi connectivity index (χ4n) is 1.37. The predicted molar refractivity (Wildman–Crippen MR) is 88.6 cm³/mol. The van der Waals surface area contributed by atoms with E-state index in [0.717, 1.165) is 0 Å². The Morgan fingerprint density at radius 1 is 1.35 bits per heavy atom. The standard InChI is InChI=1S/C14H19BrN4O4/c1-14(2,3)23-13(22)17-7-5-4-6-16-11-10(15)19-9(8-18-11)12(20)21/h4-5,8H,6-7H2,1-3H3,(H,16,18)(H,17,22)(H,20,21)/b5-4+. The Bertz CT molecular complexity index is 599. The van der Waals surface area contributed by atoms with Crippen LogP contribution in [-0.2, 0) is 4.74 Å². The van der Waals surface area contributed by atoms with Gasteiger partial charge in [-0.2, -0.15) is 0 Å². The lowest BCUT2D eigenvalue weighted by molar-refractivity contribution is 0.0533. The molecule has 0 aromatic carbocycles. The van der Waals surface area contributed by atoms with Crippen LogP contribution < -0.4 is 10.6 Å². The number of halogens is 1.